The first kappa shape index (κ1) is 14.6. The number of thiophene rings is 1. The van der Waals surface area contributed by atoms with Crippen LogP contribution in [-0.4, -0.2) is 6.04 Å². The highest BCUT2D eigenvalue weighted by atomic mass is 32.2. The second kappa shape index (κ2) is 7.13. The summed E-state index contributed by atoms with van der Waals surface area (Å²) < 4.78 is 0. The summed E-state index contributed by atoms with van der Waals surface area (Å²) in [5.74, 6) is 1.03. The molecule has 1 aromatic carbocycles. The van der Waals surface area contributed by atoms with E-state index in [-0.39, 0.29) is 6.04 Å². The van der Waals surface area contributed by atoms with Gasteiger partial charge in [-0.05, 0) is 30.4 Å². The molecule has 1 aromatic heterocycles. The van der Waals surface area contributed by atoms with Crippen molar-refractivity contribution in [3.8, 4) is 0 Å². The second-order valence-electron chi connectivity index (χ2n) is 4.81. The smallest absolute Gasteiger partial charge is 0.0545 e. The summed E-state index contributed by atoms with van der Waals surface area (Å²) in [5, 5.41) is 2.54. The van der Waals surface area contributed by atoms with Crippen LogP contribution >= 0.6 is 23.1 Å². The molecular weight excluding hydrogens is 270 g/mol. The van der Waals surface area contributed by atoms with Crippen molar-refractivity contribution in [2.24, 2.45) is 5.73 Å². The Bertz CT molecular complexity index is 493. The van der Waals surface area contributed by atoms with Gasteiger partial charge in [0.2, 0.25) is 0 Å². The molecule has 2 rings (SSSR count). The normalized spacial score (nSPS) is 14.3. The zero-order valence-electron chi connectivity index (χ0n) is 11.5. The molecule has 2 unspecified atom stereocenters. The lowest BCUT2D eigenvalue weighted by Gasteiger charge is -2.21. The lowest BCUT2D eigenvalue weighted by Crippen LogP contribution is -2.25. The quantitative estimate of drug-likeness (QED) is 0.829. The molecule has 0 saturated carbocycles. The average molecular weight is 291 g/mol. The highest BCUT2D eigenvalue weighted by Crippen LogP contribution is 2.37. The minimum absolute atomic E-state index is 0.230. The first-order chi connectivity index (χ1) is 9.20. The van der Waals surface area contributed by atoms with Gasteiger partial charge in [-0.3, -0.25) is 0 Å². The Hall–Kier alpha value is -0.770. The minimum atomic E-state index is 0.230. The van der Waals surface area contributed by atoms with Gasteiger partial charge in [0.15, 0.2) is 0 Å². The van der Waals surface area contributed by atoms with Gasteiger partial charge in [0.1, 0.15) is 0 Å². The predicted octanol–water partition coefficient (Wildman–Crippen LogP) is 4.77. The Balaban J connectivity index is 2.05. The van der Waals surface area contributed by atoms with Crippen LogP contribution in [0.3, 0.4) is 0 Å². The maximum atomic E-state index is 6.29. The molecule has 2 aromatic rings. The third kappa shape index (κ3) is 4.10. The summed E-state index contributed by atoms with van der Waals surface area (Å²) in [7, 11) is 0. The van der Waals surface area contributed by atoms with Crippen LogP contribution < -0.4 is 5.73 Å². The number of hydrogen-bond donors (Lipinski definition) is 1. The van der Waals surface area contributed by atoms with Crippen molar-refractivity contribution in [1.29, 1.82) is 0 Å². The number of rotatable bonds is 6. The van der Waals surface area contributed by atoms with E-state index in [4.69, 9.17) is 5.73 Å². The Labute approximate surface area is 124 Å². The molecule has 2 atom stereocenters. The number of nitrogens with two attached hydrogens (primary N) is 1. The Kier molecular flexibility index (Phi) is 5.49. The van der Waals surface area contributed by atoms with Crippen LogP contribution in [0, 0.1) is 6.92 Å². The van der Waals surface area contributed by atoms with Gasteiger partial charge in [-0.15, -0.1) is 23.1 Å². The van der Waals surface area contributed by atoms with Gasteiger partial charge >= 0.3 is 0 Å². The standard InChI is InChI=1S/C16H21NS2/c1-3-14(17)16(15-8-5-9-18-15)19-11-13-7-4-6-12(2)10-13/h4-10,14,16H,3,11,17H2,1-2H3. The molecule has 1 heterocycles. The molecule has 102 valence electrons. The van der Waals surface area contributed by atoms with Crippen LogP contribution in [-0.2, 0) is 5.75 Å². The monoisotopic (exact) mass is 291 g/mol. The minimum Gasteiger partial charge on any atom is -0.326 e. The van der Waals surface area contributed by atoms with Crippen molar-refractivity contribution in [3.63, 3.8) is 0 Å². The molecule has 1 nitrogen and oxygen atoms in total. The highest BCUT2D eigenvalue weighted by Gasteiger charge is 2.19. The van der Waals surface area contributed by atoms with Gasteiger partial charge in [0.05, 0.1) is 5.25 Å². The fourth-order valence-corrected chi connectivity index (χ4v) is 4.46. The van der Waals surface area contributed by atoms with Gasteiger partial charge in [0.25, 0.3) is 0 Å². The maximum absolute atomic E-state index is 6.29. The molecule has 19 heavy (non-hydrogen) atoms. The van der Waals surface area contributed by atoms with E-state index in [1.54, 1.807) is 0 Å². The third-order valence-electron chi connectivity index (χ3n) is 3.20. The van der Waals surface area contributed by atoms with Crippen molar-refractivity contribution < 1.29 is 0 Å². The number of hydrogen-bond acceptors (Lipinski definition) is 3. The first-order valence-electron chi connectivity index (χ1n) is 6.67. The average Bonchev–Trinajstić information content (AvgIpc) is 2.92. The molecule has 0 saturated heterocycles. The van der Waals surface area contributed by atoms with Crippen LogP contribution in [0.5, 0.6) is 0 Å². The topological polar surface area (TPSA) is 26.0 Å². The molecule has 0 fully saturated rings. The van der Waals surface area contributed by atoms with Crippen LogP contribution in [0.1, 0.15) is 34.6 Å². The van der Waals surface area contributed by atoms with E-state index >= 15 is 0 Å². The van der Waals surface area contributed by atoms with Gasteiger partial charge in [-0.25, -0.2) is 0 Å². The maximum Gasteiger partial charge on any atom is 0.0545 e. The summed E-state index contributed by atoms with van der Waals surface area (Å²) >= 11 is 3.77. The van der Waals surface area contributed by atoms with Crippen LogP contribution in [0.2, 0.25) is 0 Å². The fourth-order valence-electron chi connectivity index (χ4n) is 2.07. The molecule has 0 amide bonds. The molecule has 0 bridgehead atoms. The number of benzene rings is 1. The van der Waals surface area contributed by atoms with Gasteiger partial charge in [0, 0.05) is 16.7 Å². The van der Waals surface area contributed by atoms with Crippen molar-refractivity contribution >= 4 is 23.1 Å². The SMILES string of the molecule is CCC(N)C(SCc1cccc(C)c1)c1cccs1. The summed E-state index contributed by atoms with van der Waals surface area (Å²) in [4.78, 5) is 1.40. The van der Waals surface area contributed by atoms with E-state index < -0.39 is 0 Å². The molecule has 0 aliphatic carbocycles. The van der Waals surface area contributed by atoms with Crippen molar-refractivity contribution in [3.05, 3.63) is 57.8 Å². The molecule has 0 aliphatic heterocycles. The van der Waals surface area contributed by atoms with E-state index in [1.165, 1.54) is 16.0 Å². The summed E-state index contributed by atoms with van der Waals surface area (Å²) in [6.07, 6.45) is 1.02. The lowest BCUT2D eigenvalue weighted by atomic mass is 10.1. The zero-order chi connectivity index (χ0) is 13.7. The van der Waals surface area contributed by atoms with Crippen LogP contribution in [0.25, 0.3) is 0 Å². The Morgan fingerprint density at radius 3 is 2.74 bits per heavy atom. The summed E-state index contributed by atoms with van der Waals surface area (Å²) in [6, 6.07) is 13.3. The molecule has 0 spiro atoms. The molecule has 0 aliphatic rings. The van der Waals surface area contributed by atoms with Crippen LogP contribution in [0.15, 0.2) is 41.8 Å². The Morgan fingerprint density at radius 1 is 1.26 bits per heavy atom. The zero-order valence-corrected chi connectivity index (χ0v) is 13.1. The van der Waals surface area contributed by atoms with Crippen molar-refractivity contribution in [1.82, 2.24) is 0 Å². The van der Waals surface area contributed by atoms with E-state index in [0.717, 1.165) is 12.2 Å². The van der Waals surface area contributed by atoms with Crippen molar-refractivity contribution in [2.45, 2.75) is 37.3 Å². The van der Waals surface area contributed by atoms with E-state index in [2.05, 4.69) is 55.6 Å². The fraction of sp³-hybridized carbons (Fsp3) is 0.375. The molecule has 0 radical (unpaired) electrons. The molecular formula is C16H21NS2. The second-order valence-corrected chi connectivity index (χ2v) is 6.92. The summed E-state index contributed by atoms with van der Waals surface area (Å²) in [5.41, 5.74) is 9.00. The number of aryl methyl sites for hydroxylation is 1. The summed E-state index contributed by atoms with van der Waals surface area (Å²) in [6.45, 7) is 4.31. The van der Waals surface area contributed by atoms with Gasteiger partial charge in [-0.2, -0.15) is 0 Å². The first-order valence-corrected chi connectivity index (χ1v) is 8.59. The van der Waals surface area contributed by atoms with E-state index in [9.17, 15) is 0 Å². The highest BCUT2D eigenvalue weighted by molar-refractivity contribution is 7.98. The Morgan fingerprint density at radius 2 is 2.11 bits per heavy atom. The predicted molar refractivity (Wildman–Crippen MR) is 87.8 cm³/mol. The lowest BCUT2D eigenvalue weighted by molar-refractivity contribution is 0.640. The van der Waals surface area contributed by atoms with Gasteiger partial charge in [-0.1, -0.05) is 42.8 Å². The number of thioether (sulfide) groups is 1. The molecule has 3 heteroatoms. The van der Waals surface area contributed by atoms with E-state index in [0.29, 0.717) is 5.25 Å². The van der Waals surface area contributed by atoms with E-state index in [1.807, 2.05) is 23.1 Å². The van der Waals surface area contributed by atoms with Crippen LogP contribution in [0.4, 0.5) is 0 Å². The van der Waals surface area contributed by atoms with Crippen molar-refractivity contribution in [2.75, 3.05) is 0 Å². The third-order valence-corrected chi connectivity index (χ3v) is 5.76. The molecule has 2 N–H and O–H groups in total. The van der Waals surface area contributed by atoms with Gasteiger partial charge < -0.3 is 5.73 Å². The largest absolute Gasteiger partial charge is 0.326 e.